The third-order valence-electron chi connectivity index (χ3n) is 4.29. The first kappa shape index (κ1) is 19.0. The lowest BCUT2D eigenvalue weighted by Gasteiger charge is -2.18. The van der Waals surface area contributed by atoms with Gasteiger partial charge < -0.3 is 18.6 Å². The third kappa shape index (κ3) is 4.16. The molecule has 8 heteroatoms. The molecule has 7 nitrogen and oxygen atoms in total. The Hall–Kier alpha value is -2.74. The Kier molecular flexibility index (Phi) is 5.85. The van der Waals surface area contributed by atoms with E-state index in [1.54, 1.807) is 25.3 Å². The number of carbonyl (C=O) groups is 1. The van der Waals surface area contributed by atoms with E-state index in [0.717, 1.165) is 28.5 Å². The smallest absolute Gasteiger partial charge is 0.233 e. The van der Waals surface area contributed by atoms with E-state index in [2.05, 4.69) is 10.2 Å². The van der Waals surface area contributed by atoms with E-state index in [1.807, 2.05) is 48.9 Å². The molecule has 3 rings (SSSR count). The van der Waals surface area contributed by atoms with Gasteiger partial charge in [0.2, 0.25) is 5.91 Å². The topological polar surface area (TPSA) is 73.4 Å². The van der Waals surface area contributed by atoms with Crippen LogP contribution in [0.3, 0.4) is 0 Å². The summed E-state index contributed by atoms with van der Waals surface area (Å²) in [7, 11) is 5.29. The number of methoxy groups -OCH3 is 1. The first-order valence-corrected chi connectivity index (χ1v) is 9.42. The van der Waals surface area contributed by atoms with Gasteiger partial charge in [-0.1, -0.05) is 30.0 Å². The van der Waals surface area contributed by atoms with E-state index < -0.39 is 0 Å². The van der Waals surface area contributed by atoms with E-state index in [9.17, 15) is 4.79 Å². The van der Waals surface area contributed by atoms with Gasteiger partial charge in [0.15, 0.2) is 11.0 Å². The van der Waals surface area contributed by atoms with Crippen LogP contribution in [-0.2, 0) is 18.4 Å². The number of amides is 1. The second kappa shape index (κ2) is 8.30. The van der Waals surface area contributed by atoms with Gasteiger partial charge in [0.1, 0.15) is 11.5 Å². The highest BCUT2D eigenvalue weighted by Gasteiger charge is 2.17. The molecule has 0 unspecified atom stereocenters. The van der Waals surface area contributed by atoms with Crippen molar-refractivity contribution in [3.63, 3.8) is 0 Å². The van der Waals surface area contributed by atoms with E-state index in [1.165, 1.54) is 11.8 Å². The van der Waals surface area contributed by atoms with Crippen molar-refractivity contribution in [2.45, 2.75) is 18.6 Å². The second-order valence-corrected chi connectivity index (χ2v) is 7.05. The summed E-state index contributed by atoms with van der Waals surface area (Å²) in [5.74, 6) is 2.57. The van der Waals surface area contributed by atoms with Crippen molar-refractivity contribution < 1.29 is 13.9 Å². The highest BCUT2D eigenvalue weighted by Crippen LogP contribution is 2.26. The summed E-state index contributed by atoms with van der Waals surface area (Å²) in [5.41, 5.74) is 1.87. The van der Waals surface area contributed by atoms with Crippen LogP contribution in [0.25, 0.3) is 11.4 Å². The first-order chi connectivity index (χ1) is 13.0. The zero-order valence-corrected chi connectivity index (χ0v) is 16.6. The average Bonchev–Trinajstić information content (AvgIpc) is 3.25. The summed E-state index contributed by atoms with van der Waals surface area (Å²) in [6.07, 6.45) is 1.63. The Balaban J connectivity index is 1.62. The molecule has 0 saturated heterocycles. The van der Waals surface area contributed by atoms with E-state index in [4.69, 9.17) is 9.15 Å². The third-order valence-corrected chi connectivity index (χ3v) is 5.29. The molecule has 27 heavy (non-hydrogen) atoms. The van der Waals surface area contributed by atoms with Crippen LogP contribution >= 0.6 is 11.8 Å². The van der Waals surface area contributed by atoms with Gasteiger partial charge in [-0.15, -0.1) is 10.2 Å². The fraction of sp³-hybridized carbons (Fsp3) is 0.316. The van der Waals surface area contributed by atoms with Crippen LogP contribution in [0.15, 0.2) is 46.2 Å². The molecule has 0 aliphatic heterocycles. The van der Waals surface area contributed by atoms with Gasteiger partial charge in [0.25, 0.3) is 0 Å². The van der Waals surface area contributed by atoms with Crippen molar-refractivity contribution in [2.75, 3.05) is 19.9 Å². The molecule has 1 aromatic carbocycles. The predicted octanol–water partition coefficient (Wildman–Crippen LogP) is 3.14. The maximum Gasteiger partial charge on any atom is 0.233 e. The van der Waals surface area contributed by atoms with E-state index in [-0.39, 0.29) is 11.7 Å². The van der Waals surface area contributed by atoms with Crippen molar-refractivity contribution in [3.8, 4) is 17.1 Å². The molecule has 0 fully saturated rings. The molecule has 0 radical (unpaired) electrons. The van der Waals surface area contributed by atoms with Gasteiger partial charge in [-0.25, -0.2) is 0 Å². The summed E-state index contributed by atoms with van der Waals surface area (Å²) >= 11 is 1.36. The lowest BCUT2D eigenvalue weighted by Crippen LogP contribution is -2.28. The van der Waals surface area contributed by atoms with Gasteiger partial charge in [-0.05, 0) is 19.1 Å². The quantitative estimate of drug-likeness (QED) is 0.581. The fourth-order valence-electron chi connectivity index (χ4n) is 2.71. The molecule has 0 aliphatic rings. The minimum absolute atomic E-state index is 0.00921. The van der Waals surface area contributed by atoms with Crippen molar-refractivity contribution in [1.82, 2.24) is 19.7 Å². The zero-order chi connectivity index (χ0) is 19.4. The van der Waals surface area contributed by atoms with Crippen LogP contribution in [-0.4, -0.2) is 45.5 Å². The maximum atomic E-state index is 12.5. The molecule has 0 bridgehead atoms. The van der Waals surface area contributed by atoms with Crippen molar-refractivity contribution in [2.24, 2.45) is 7.05 Å². The molecule has 1 amide bonds. The van der Waals surface area contributed by atoms with Crippen LogP contribution in [0.2, 0.25) is 0 Å². The Morgan fingerprint density at radius 2 is 2.07 bits per heavy atom. The normalized spacial score (nSPS) is 10.8. The molecule has 0 saturated carbocycles. The number of para-hydroxylation sites is 1. The average molecular weight is 386 g/mol. The molecule has 0 spiro atoms. The Morgan fingerprint density at radius 1 is 1.30 bits per heavy atom. The predicted molar refractivity (Wildman–Crippen MR) is 104 cm³/mol. The number of thioether (sulfide) groups is 1. The molecular weight excluding hydrogens is 364 g/mol. The minimum atomic E-state index is 0.00921. The van der Waals surface area contributed by atoms with Crippen molar-refractivity contribution in [1.29, 1.82) is 0 Å². The summed E-state index contributed by atoms with van der Waals surface area (Å²) < 4.78 is 12.5. The number of nitrogens with zero attached hydrogens (tertiary/aromatic N) is 4. The standard InChI is InChI=1S/C19H22N4O3S/c1-13-15(9-10-26-13)18-20-21-19(23(18)3)27-12-17(24)22(2)11-14-7-5-6-8-16(14)25-4/h5-10H,11-12H2,1-4H3. The molecule has 0 N–H and O–H groups in total. The summed E-state index contributed by atoms with van der Waals surface area (Å²) in [6, 6.07) is 9.55. The van der Waals surface area contributed by atoms with Gasteiger partial charge in [-0.2, -0.15) is 0 Å². The van der Waals surface area contributed by atoms with E-state index >= 15 is 0 Å². The van der Waals surface area contributed by atoms with Crippen molar-refractivity contribution in [3.05, 3.63) is 47.9 Å². The number of hydrogen-bond acceptors (Lipinski definition) is 6. The molecule has 0 atom stereocenters. The Labute approximate surface area is 162 Å². The van der Waals surface area contributed by atoms with Crippen LogP contribution in [0.4, 0.5) is 0 Å². The molecule has 3 aromatic rings. The van der Waals surface area contributed by atoms with E-state index in [0.29, 0.717) is 11.7 Å². The number of hydrogen-bond donors (Lipinski definition) is 0. The zero-order valence-electron chi connectivity index (χ0n) is 15.8. The summed E-state index contributed by atoms with van der Waals surface area (Å²) in [5, 5.41) is 9.11. The highest BCUT2D eigenvalue weighted by atomic mass is 32.2. The lowest BCUT2D eigenvalue weighted by atomic mass is 10.2. The first-order valence-electron chi connectivity index (χ1n) is 8.43. The maximum absolute atomic E-state index is 12.5. The molecule has 142 valence electrons. The Morgan fingerprint density at radius 3 is 2.78 bits per heavy atom. The number of ether oxygens (including phenoxy) is 1. The molecular formula is C19H22N4O3S. The SMILES string of the molecule is COc1ccccc1CN(C)C(=O)CSc1nnc(-c2ccoc2C)n1C. The molecule has 0 aliphatic carbocycles. The summed E-state index contributed by atoms with van der Waals surface area (Å²) in [4.78, 5) is 14.2. The number of rotatable bonds is 7. The van der Waals surface area contributed by atoms with Crippen LogP contribution in [0.5, 0.6) is 5.75 Å². The largest absolute Gasteiger partial charge is 0.496 e. The summed E-state index contributed by atoms with van der Waals surface area (Å²) in [6.45, 7) is 2.37. The Bertz CT molecular complexity index is 935. The molecule has 2 heterocycles. The van der Waals surface area contributed by atoms with Crippen LogP contribution in [0, 0.1) is 6.92 Å². The van der Waals surface area contributed by atoms with Gasteiger partial charge >= 0.3 is 0 Å². The monoisotopic (exact) mass is 386 g/mol. The van der Waals surface area contributed by atoms with Gasteiger partial charge in [0, 0.05) is 26.2 Å². The number of aromatic nitrogens is 3. The van der Waals surface area contributed by atoms with Crippen LogP contribution < -0.4 is 4.74 Å². The number of aryl methyl sites for hydroxylation is 1. The highest BCUT2D eigenvalue weighted by molar-refractivity contribution is 7.99. The van der Waals surface area contributed by atoms with Crippen LogP contribution in [0.1, 0.15) is 11.3 Å². The number of carbonyl (C=O) groups excluding carboxylic acids is 1. The van der Waals surface area contributed by atoms with Gasteiger partial charge in [-0.3, -0.25) is 4.79 Å². The van der Waals surface area contributed by atoms with Crippen molar-refractivity contribution >= 4 is 17.7 Å². The molecule has 2 aromatic heterocycles. The number of benzene rings is 1. The fourth-order valence-corrected chi connectivity index (χ4v) is 3.56. The minimum Gasteiger partial charge on any atom is -0.496 e. The second-order valence-electron chi connectivity index (χ2n) is 6.11. The number of furan rings is 1. The van der Waals surface area contributed by atoms with Gasteiger partial charge in [0.05, 0.1) is 24.7 Å². The lowest BCUT2D eigenvalue weighted by molar-refractivity contribution is -0.127.